The zero-order valence-electron chi connectivity index (χ0n) is 15.2. The summed E-state index contributed by atoms with van der Waals surface area (Å²) in [5.74, 6) is -0.471. The molecule has 2 aromatic rings. The molecule has 0 radical (unpaired) electrons. The van der Waals surface area contributed by atoms with E-state index >= 15 is 0 Å². The van der Waals surface area contributed by atoms with Crippen LogP contribution in [0.1, 0.15) is 30.3 Å². The number of benzene rings is 1. The zero-order chi connectivity index (χ0) is 18.1. The molecular formula is C19H24N4O2. The molecular weight excluding hydrogens is 316 g/mol. The molecule has 0 bridgehead atoms. The normalized spacial score (nSPS) is 17.2. The lowest BCUT2D eigenvalue weighted by molar-refractivity contribution is -0.122. The van der Waals surface area contributed by atoms with Crippen molar-refractivity contribution >= 4 is 23.2 Å². The lowest BCUT2D eigenvalue weighted by Gasteiger charge is -2.20. The van der Waals surface area contributed by atoms with Crippen LogP contribution in [-0.4, -0.2) is 28.1 Å². The van der Waals surface area contributed by atoms with E-state index in [-0.39, 0.29) is 24.2 Å². The Morgan fingerprint density at radius 1 is 1.32 bits per heavy atom. The molecule has 1 fully saturated rings. The van der Waals surface area contributed by atoms with Crippen LogP contribution in [-0.2, 0) is 23.1 Å². The van der Waals surface area contributed by atoms with Crippen molar-refractivity contribution in [1.82, 2.24) is 9.78 Å². The highest BCUT2D eigenvalue weighted by Crippen LogP contribution is 2.29. The average Bonchev–Trinajstić information content (AvgIpc) is 3.10. The minimum atomic E-state index is -0.351. The summed E-state index contributed by atoms with van der Waals surface area (Å²) >= 11 is 0. The first-order chi connectivity index (χ1) is 11.9. The molecule has 25 heavy (non-hydrogen) atoms. The second-order valence-electron chi connectivity index (χ2n) is 6.55. The van der Waals surface area contributed by atoms with Crippen LogP contribution in [0.15, 0.2) is 24.3 Å². The number of aromatic nitrogens is 2. The fourth-order valence-corrected chi connectivity index (χ4v) is 3.37. The van der Waals surface area contributed by atoms with Crippen LogP contribution >= 0.6 is 0 Å². The highest BCUT2D eigenvalue weighted by Gasteiger charge is 2.36. The second-order valence-corrected chi connectivity index (χ2v) is 6.55. The van der Waals surface area contributed by atoms with Gasteiger partial charge in [0.25, 0.3) is 0 Å². The predicted molar refractivity (Wildman–Crippen MR) is 97.6 cm³/mol. The van der Waals surface area contributed by atoms with Gasteiger partial charge in [-0.1, -0.05) is 25.1 Å². The van der Waals surface area contributed by atoms with E-state index in [2.05, 4.69) is 17.3 Å². The van der Waals surface area contributed by atoms with Crippen molar-refractivity contribution in [2.45, 2.75) is 33.6 Å². The van der Waals surface area contributed by atoms with Crippen molar-refractivity contribution in [2.24, 2.45) is 13.0 Å². The fraction of sp³-hybridized carbons (Fsp3) is 0.421. The van der Waals surface area contributed by atoms with Crippen molar-refractivity contribution in [2.75, 3.05) is 16.8 Å². The number of carbonyl (C=O) groups is 2. The van der Waals surface area contributed by atoms with E-state index < -0.39 is 0 Å². The summed E-state index contributed by atoms with van der Waals surface area (Å²) in [5, 5.41) is 7.28. The van der Waals surface area contributed by atoms with Gasteiger partial charge in [0.1, 0.15) is 0 Å². The minimum absolute atomic E-state index is 0.000630. The van der Waals surface area contributed by atoms with Crippen molar-refractivity contribution in [3.63, 3.8) is 0 Å². The third-order valence-corrected chi connectivity index (χ3v) is 4.92. The number of anilines is 2. The SMILES string of the molecule is CCc1ccccc1N1CC(C(=O)Nc2c(C)nn(C)c2C)CC1=O. The molecule has 2 heterocycles. The number of amides is 2. The summed E-state index contributed by atoms with van der Waals surface area (Å²) in [5.41, 5.74) is 4.47. The van der Waals surface area contributed by atoms with Crippen LogP contribution in [0.4, 0.5) is 11.4 Å². The number of nitrogens with one attached hydrogen (secondary N) is 1. The van der Waals surface area contributed by atoms with Gasteiger partial charge in [-0.25, -0.2) is 0 Å². The first-order valence-corrected chi connectivity index (χ1v) is 8.61. The monoisotopic (exact) mass is 340 g/mol. The maximum Gasteiger partial charge on any atom is 0.229 e. The van der Waals surface area contributed by atoms with Crippen LogP contribution in [0.3, 0.4) is 0 Å². The minimum Gasteiger partial charge on any atom is -0.323 e. The Hall–Kier alpha value is -2.63. The molecule has 0 spiro atoms. The molecule has 0 saturated carbocycles. The molecule has 2 amide bonds. The van der Waals surface area contributed by atoms with Crippen LogP contribution < -0.4 is 10.2 Å². The molecule has 1 aliphatic heterocycles. The van der Waals surface area contributed by atoms with Crippen molar-refractivity contribution < 1.29 is 9.59 Å². The van der Waals surface area contributed by atoms with Gasteiger partial charge in [0.05, 0.1) is 23.0 Å². The first kappa shape index (κ1) is 17.2. The Morgan fingerprint density at radius 3 is 2.68 bits per heavy atom. The summed E-state index contributed by atoms with van der Waals surface area (Å²) in [6, 6.07) is 7.88. The van der Waals surface area contributed by atoms with Crippen LogP contribution in [0.2, 0.25) is 0 Å². The quantitative estimate of drug-likeness (QED) is 0.930. The molecule has 1 aromatic heterocycles. The highest BCUT2D eigenvalue weighted by molar-refractivity contribution is 6.04. The smallest absolute Gasteiger partial charge is 0.229 e. The summed E-state index contributed by atoms with van der Waals surface area (Å²) in [6.07, 6.45) is 1.09. The van der Waals surface area contributed by atoms with Gasteiger partial charge in [-0.3, -0.25) is 14.3 Å². The molecule has 1 N–H and O–H groups in total. The average molecular weight is 340 g/mol. The molecule has 6 heteroatoms. The summed E-state index contributed by atoms with van der Waals surface area (Å²) in [4.78, 5) is 26.9. The Balaban J connectivity index is 1.77. The van der Waals surface area contributed by atoms with Crippen molar-refractivity contribution in [1.29, 1.82) is 0 Å². The predicted octanol–water partition coefficient (Wildman–Crippen LogP) is 2.59. The van der Waals surface area contributed by atoms with E-state index in [4.69, 9.17) is 0 Å². The summed E-state index contributed by atoms with van der Waals surface area (Å²) in [6.45, 7) is 6.27. The number of hydrogen-bond donors (Lipinski definition) is 1. The van der Waals surface area contributed by atoms with Crippen molar-refractivity contribution in [3.8, 4) is 0 Å². The van der Waals surface area contributed by atoms with Crippen LogP contribution in [0, 0.1) is 19.8 Å². The number of carbonyl (C=O) groups excluding carboxylic acids is 2. The van der Waals surface area contributed by atoms with E-state index in [0.29, 0.717) is 6.54 Å². The molecule has 1 aromatic carbocycles. The van der Waals surface area contributed by atoms with Gasteiger partial charge in [0, 0.05) is 25.7 Å². The maximum atomic E-state index is 12.7. The molecule has 3 rings (SSSR count). The molecule has 1 saturated heterocycles. The molecule has 1 aliphatic rings. The van der Waals surface area contributed by atoms with E-state index in [9.17, 15) is 9.59 Å². The van der Waals surface area contributed by atoms with E-state index in [1.807, 2.05) is 45.2 Å². The fourth-order valence-electron chi connectivity index (χ4n) is 3.37. The summed E-state index contributed by atoms with van der Waals surface area (Å²) in [7, 11) is 1.85. The van der Waals surface area contributed by atoms with Gasteiger partial charge >= 0.3 is 0 Å². The second kappa shape index (κ2) is 6.70. The largest absolute Gasteiger partial charge is 0.323 e. The van der Waals surface area contributed by atoms with E-state index in [0.717, 1.165) is 34.7 Å². The molecule has 0 aliphatic carbocycles. The number of nitrogens with zero attached hydrogens (tertiary/aromatic N) is 3. The van der Waals surface area contributed by atoms with Gasteiger partial charge in [0.15, 0.2) is 0 Å². The standard InChI is InChI=1S/C19H24N4O2/c1-5-14-8-6-7-9-16(14)23-11-15(10-17(23)24)19(25)20-18-12(2)21-22(4)13(18)3/h6-9,15H,5,10-11H2,1-4H3,(H,20,25). The number of hydrogen-bond acceptors (Lipinski definition) is 3. The molecule has 1 unspecified atom stereocenters. The topological polar surface area (TPSA) is 67.2 Å². The van der Waals surface area contributed by atoms with Gasteiger partial charge in [-0.2, -0.15) is 5.10 Å². The Morgan fingerprint density at radius 2 is 2.04 bits per heavy atom. The van der Waals surface area contributed by atoms with Crippen molar-refractivity contribution in [3.05, 3.63) is 41.2 Å². The zero-order valence-corrected chi connectivity index (χ0v) is 15.2. The summed E-state index contributed by atoms with van der Waals surface area (Å²) < 4.78 is 1.74. The first-order valence-electron chi connectivity index (χ1n) is 8.61. The van der Waals surface area contributed by atoms with Gasteiger partial charge in [-0.15, -0.1) is 0 Å². The molecule has 1 atom stereocenters. The molecule has 132 valence electrons. The van der Waals surface area contributed by atoms with Gasteiger partial charge in [-0.05, 0) is 31.9 Å². The Bertz CT molecular complexity index is 825. The third-order valence-electron chi connectivity index (χ3n) is 4.92. The number of aryl methyl sites for hydroxylation is 3. The maximum absolute atomic E-state index is 12.7. The lowest BCUT2D eigenvalue weighted by Crippen LogP contribution is -2.29. The Kier molecular flexibility index (Phi) is 4.61. The van der Waals surface area contributed by atoms with Gasteiger partial charge in [0.2, 0.25) is 11.8 Å². The van der Waals surface area contributed by atoms with Crippen LogP contribution in [0.25, 0.3) is 0 Å². The van der Waals surface area contributed by atoms with Gasteiger partial charge < -0.3 is 10.2 Å². The number of para-hydroxylation sites is 1. The highest BCUT2D eigenvalue weighted by atomic mass is 16.2. The Labute approximate surface area is 147 Å². The van der Waals surface area contributed by atoms with E-state index in [1.165, 1.54) is 0 Å². The van der Waals surface area contributed by atoms with E-state index in [1.54, 1.807) is 9.58 Å². The third kappa shape index (κ3) is 3.16. The van der Waals surface area contributed by atoms with Crippen LogP contribution in [0.5, 0.6) is 0 Å². The lowest BCUT2D eigenvalue weighted by atomic mass is 10.1. The number of rotatable bonds is 4. The molecule has 6 nitrogen and oxygen atoms in total.